The number of nitrogens with one attached hydrogen (secondary N) is 1. The zero-order valence-electron chi connectivity index (χ0n) is 16.6. The van der Waals surface area contributed by atoms with Crippen LogP contribution in [0.25, 0.3) is 0 Å². The van der Waals surface area contributed by atoms with Crippen molar-refractivity contribution >= 4 is 38.9 Å². The van der Waals surface area contributed by atoms with Gasteiger partial charge in [-0.05, 0) is 73.9 Å². The van der Waals surface area contributed by atoms with Gasteiger partial charge in [-0.15, -0.1) is 0 Å². The fraction of sp³-hybridized carbons (Fsp3) is 0.174. The number of fused-ring (bicyclic) bond motifs is 1. The van der Waals surface area contributed by atoms with Crippen molar-refractivity contribution in [1.29, 1.82) is 0 Å². The SMILES string of the molecule is Cc1ccc(C(=O)N2CCc3cc(S(=O)(=O)Nc4cccc(Cl)c4C)ccc32)cc1. The minimum atomic E-state index is -3.78. The molecule has 0 aliphatic carbocycles. The molecule has 3 aromatic rings. The van der Waals surface area contributed by atoms with Gasteiger partial charge in [0, 0.05) is 22.8 Å². The predicted octanol–water partition coefficient (Wildman–Crippen LogP) is 4.96. The standard InChI is InChI=1S/C23H21ClN2O3S/c1-15-6-8-17(9-7-15)23(27)26-13-12-18-14-19(10-11-22(18)26)30(28,29)25-21-5-3-4-20(24)16(21)2/h3-11,14,25H,12-13H2,1-2H3. The summed E-state index contributed by atoms with van der Waals surface area (Å²) < 4.78 is 28.4. The van der Waals surface area contributed by atoms with Gasteiger partial charge in [-0.2, -0.15) is 0 Å². The molecule has 0 atom stereocenters. The molecule has 1 N–H and O–H groups in total. The summed E-state index contributed by atoms with van der Waals surface area (Å²) in [6.07, 6.45) is 0.604. The molecule has 5 nitrogen and oxygen atoms in total. The summed E-state index contributed by atoms with van der Waals surface area (Å²) in [5.74, 6) is -0.0861. The fourth-order valence-corrected chi connectivity index (χ4v) is 4.88. The molecule has 0 unspecified atom stereocenters. The number of rotatable bonds is 4. The summed E-state index contributed by atoms with van der Waals surface area (Å²) in [5, 5.41) is 0.495. The van der Waals surface area contributed by atoms with Crippen LogP contribution in [-0.4, -0.2) is 20.9 Å². The number of hydrogen-bond acceptors (Lipinski definition) is 3. The Balaban J connectivity index is 1.61. The summed E-state index contributed by atoms with van der Waals surface area (Å²) in [7, 11) is -3.78. The Labute approximate surface area is 181 Å². The number of anilines is 2. The van der Waals surface area contributed by atoms with Crippen molar-refractivity contribution in [3.05, 3.63) is 87.9 Å². The van der Waals surface area contributed by atoms with Gasteiger partial charge in [0.2, 0.25) is 0 Å². The van der Waals surface area contributed by atoms with Crippen molar-refractivity contribution in [3.8, 4) is 0 Å². The first-order valence-corrected chi connectivity index (χ1v) is 11.4. The Hall–Kier alpha value is -2.83. The zero-order chi connectivity index (χ0) is 21.5. The van der Waals surface area contributed by atoms with Gasteiger partial charge in [-0.25, -0.2) is 8.42 Å². The zero-order valence-corrected chi connectivity index (χ0v) is 18.2. The lowest BCUT2D eigenvalue weighted by atomic mass is 10.1. The summed E-state index contributed by atoms with van der Waals surface area (Å²) in [6.45, 7) is 4.25. The average Bonchev–Trinajstić information content (AvgIpc) is 3.14. The molecule has 3 aromatic carbocycles. The summed E-state index contributed by atoms with van der Waals surface area (Å²) >= 11 is 6.10. The first-order chi connectivity index (χ1) is 14.3. The van der Waals surface area contributed by atoms with Crippen LogP contribution in [0.1, 0.15) is 27.0 Å². The molecule has 30 heavy (non-hydrogen) atoms. The number of carbonyl (C=O) groups excluding carboxylic acids is 1. The van der Waals surface area contributed by atoms with Crippen molar-refractivity contribution in [2.45, 2.75) is 25.2 Å². The van der Waals surface area contributed by atoms with E-state index in [4.69, 9.17) is 11.6 Å². The molecule has 0 saturated heterocycles. The molecule has 0 spiro atoms. The predicted molar refractivity (Wildman–Crippen MR) is 120 cm³/mol. The summed E-state index contributed by atoms with van der Waals surface area (Å²) in [5.41, 5.74) is 4.39. The molecule has 0 bridgehead atoms. The number of nitrogens with zero attached hydrogens (tertiary/aromatic N) is 1. The van der Waals surface area contributed by atoms with Crippen LogP contribution >= 0.6 is 11.6 Å². The van der Waals surface area contributed by atoms with Crippen LogP contribution in [0, 0.1) is 13.8 Å². The Bertz CT molecular complexity index is 1240. The molecular formula is C23H21ClN2O3S. The van der Waals surface area contributed by atoms with E-state index in [9.17, 15) is 13.2 Å². The second-order valence-corrected chi connectivity index (χ2v) is 9.47. The Morgan fingerprint density at radius 2 is 1.77 bits per heavy atom. The van der Waals surface area contributed by atoms with Crippen LogP contribution < -0.4 is 9.62 Å². The van der Waals surface area contributed by atoms with Gasteiger partial charge in [0.05, 0.1) is 10.6 Å². The quantitative estimate of drug-likeness (QED) is 0.623. The van der Waals surface area contributed by atoms with Gasteiger partial charge in [-0.3, -0.25) is 9.52 Å². The Kier molecular flexibility index (Phi) is 5.30. The molecule has 1 aliphatic rings. The highest BCUT2D eigenvalue weighted by Gasteiger charge is 2.27. The van der Waals surface area contributed by atoms with E-state index in [1.54, 1.807) is 42.2 Å². The molecule has 1 amide bonds. The maximum absolute atomic E-state index is 12.9. The first-order valence-electron chi connectivity index (χ1n) is 9.56. The van der Waals surface area contributed by atoms with Crippen molar-refractivity contribution in [3.63, 3.8) is 0 Å². The third-order valence-corrected chi connectivity index (χ3v) is 7.09. The summed E-state index contributed by atoms with van der Waals surface area (Å²) in [4.78, 5) is 14.8. The van der Waals surface area contributed by atoms with E-state index >= 15 is 0 Å². The van der Waals surface area contributed by atoms with Crippen molar-refractivity contribution in [1.82, 2.24) is 0 Å². The van der Waals surface area contributed by atoms with Crippen LogP contribution in [0.2, 0.25) is 5.02 Å². The number of aryl methyl sites for hydroxylation is 1. The normalized spacial score (nSPS) is 13.2. The van der Waals surface area contributed by atoms with Crippen LogP contribution in [0.5, 0.6) is 0 Å². The van der Waals surface area contributed by atoms with E-state index in [0.717, 1.165) is 16.8 Å². The number of sulfonamides is 1. The molecule has 1 aliphatic heterocycles. The highest BCUT2D eigenvalue weighted by molar-refractivity contribution is 7.92. The Morgan fingerprint density at radius 1 is 1.03 bits per heavy atom. The van der Waals surface area contributed by atoms with E-state index in [1.165, 1.54) is 6.07 Å². The maximum atomic E-state index is 12.9. The van der Waals surface area contributed by atoms with Gasteiger partial charge in [-0.1, -0.05) is 35.4 Å². The Morgan fingerprint density at radius 3 is 2.50 bits per heavy atom. The number of amides is 1. The van der Waals surface area contributed by atoms with Crippen molar-refractivity contribution < 1.29 is 13.2 Å². The maximum Gasteiger partial charge on any atom is 0.261 e. The third-order valence-electron chi connectivity index (χ3n) is 5.31. The van der Waals surface area contributed by atoms with E-state index in [2.05, 4.69) is 4.72 Å². The minimum Gasteiger partial charge on any atom is -0.308 e. The second kappa shape index (κ2) is 7.78. The number of halogens is 1. The molecule has 7 heteroatoms. The average molecular weight is 441 g/mol. The number of hydrogen-bond donors (Lipinski definition) is 1. The molecule has 0 fully saturated rings. The highest BCUT2D eigenvalue weighted by atomic mass is 35.5. The van der Waals surface area contributed by atoms with Gasteiger partial charge in [0.25, 0.3) is 15.9 Å². The molecule has 4 rings (SSSR count). The topological polar surface area (TPSA) is 66.5 Å². The smallest absolute Gasteiger partial charge is 0.261 e. The molecule has 0 radical (unpaired) electrons. The number of carbonyl (C=O) groups is 1. The number of benzene rings is 3. The fourth-order valence-electron chi connectivity index (χ4n) is 3.53. The first kappa shape index (κ1) is 20.4. The van der Waals surface area contributed by atoms with Gasteiger partial charge >= 0.3 is 0 Å². The molecule has 0 saturated carbocycles. The third kappa shape index (κ3) is 3.80. The van der Waals surface area contributed by atoms with E-state index in [0.29, 0.717) is 34.8 Å². The van der Waals surface area contributed by atoms with Gasteiger partial charge < -0.3 is 4.90 Å². The lowest BCUT2D eigenvalue weighted by Crippen LogP contribution is -2.28. The monoisotopic (exact) mass is 440 g/mol. The molecule has 0 aromatic heterocycles. The van der Waals surface area contributed by atoms with E-state index < -0.39 is 10.0 Å². The lowest BCUT2D eigenvalue weighted by molar-refractivity contribution is 0.0989. The molecular weight excluding hydrogens is 420 g/mol. The van der Waals surface area contributed by atoms with E-state index in [-0.39, 0.29) is 10.8 Å². The minimum absolute atomic E-state index is 0.0861. The van der Waals surface area contributed by atoms with Crippen molar-refractivity contribution in [2.75, 3.05) is 16.2 Å². The highest BCUT2D eigenvalue weighted by Crippen LogP contribution is 2.32. The van der Waals surface area contributed by atoms with Crippen LogP contribution in [0.4, 0.5) is 11.4 Å². The largest absolute Gasteiger partial charge is 0.308 e. The van der Waals surface area contributed by atoms with Crippen LogP contribution in [0.15, 0.2) is 65.6 Å². The molecule has 1 heterocycles. The second-order valence-electron chi connectivity index (χ2n) is 7.38. The summed E-state index contributed by atoms with van der Waals surface area (Å²) in [6, 6.07) is 17.4. The lowest BCUT2D eigenvalue weighted by Gasteiger charge is -2.18. The van der Waals surface area contributed by atoms with Gasteiger partial charge in [0.15, 0.2) is 0 Å². The van der Waals surface area contributed by atoms with Gasteiger partial charge in [0.1, 0.15) is 0 Å². The van der Waals surface area contributed by atoms with Crippen molar-refractivity contribution in [2.24, 2.45) is 0 Å². The molecule has 154 valence electrons. The van der Waals surface area contributed by atoms with E-state index in [1.807, 2.05) is 31.2 Å². The van der Waals surface area contributed by atoms with Crippen LogP contribution in [-0.2, 0) is 16.4 Å². The van der Waals surface area contributed by atoms with Crippen LogP contribution in [0.3, 0.4) is 0 Å².